The van der Waals surface area contributed by atoms with Crippen molar-refractivity contribution >= 4 is 11.3 Å². The first-order valence-corrected chi connectivity index (χ1v) is 7.87. The Labute approximate surface area is 127 Å². The zero-order chi connectivity index (χ0) is 16.3. The molecule has 1 N–H and O–H groups in total. The van der Waals surface area contributed by atoms with Crippen LogP contribution in [0.25, 0.3) is 0 Å². The number of hydrogen-bond acceptors (Lipinski definition) is 4. The van der Waals surface area contributed by atoms with Crippen LogP contribution in [-0.4, -0.2) is 18.1 Å². The van der Waals surface area contributed by atoms with E-state index >= 15 is 0 Å². The number of halogens is 3. The lowest BCUT2D eigenvalue weighted by molar-refractivity contribution is -0.141. The van der Waals surface area contributed by atoms with Crippen LogP contribution in [-0.2, 0) is 23.1 Å². The van der Waals surface area contributed by atoms with Crippen molar-refractivity contribution < 1.29 is 17.9 Å². The molecule has 0 bridgehead atoms. The first kappa shape index (κ1) is 18.4. The summed E-state index contributed by atoms with van der Waals surface area (Å²) in [6.07, 6.45) is -3.27. The van der Waals surface area contributed by atoms with Crippen molar-refractivity contribution in [3.05, 3.63) is 15.6 Å². The number of thiazole rings is 1. The summed E-state index contributed by atoms with van der Waals surface area (Å²) in [5.41, 5.74) is -1.53. The third-order valence-corrected chi connectivity index (χ3v) is 4.80. The molecule has 0 saturated heterocycles. The van der Waals surface area contributed by atoms with E-state index in [-0.39, 0.29) is 17.5 Å². The first-order valence-electron chi connectivity index (χ1n) is 7.06. The molecule has 0 radical (unpaired) electrons. The molecule has 122 valence electrons. The minimum absolute atomic E-state index is 0.112. The fourth-order valence-corrected chi connectivity index (χ4v) is 3.46. The molecule has 0 fully saturated rings. The second-order valence-electron chi connectivity index (χ2n) is 5.23. The van der Waals surface area contributed by atoms with Gasteiger partial charge in [0, 0.05) is 19.7 Å². The lowest BCUT2D eigenvalue weighted by Crippen LogP contribution is -2.26. The molecule has 0 atom stereocenters. The van der Waals surface area contributed by atoms with Crippen molar-refractivity contribution in [1.29, 1.82) is 0 Å². The van der Waals surface area contributed by atoms with Crippen LogP contribution in [0.4, 0.5) is 13.2 Å². The number of hydrogen-bond donors (Lipinski definition) is 1. The van der Waals surface area contributed by atoms with Crippen LogP contribution >= 0.6 is 11.3 Å². The van der Waals surface area contributed by atoms with Gasteiger partial charge in [-0.1, -0.05) is 27.7 Å². The van der Waals surface area contributed by atoms with Gasteiger partial charge in [-0.3, -0.25) is 0 Å². The summed E-state index contributed by atoms with van der Waals surface area (Å²) in [5, 5.41) is 3.43. The van der Waals surface area contributed by atoms with E-state index in [1.54, 1.807) is 0 Å². The molecule has 1 aromatic heterocycles. The summed E-state index contributed by atoms with van der Waals surface area (Å²) in [7, 11) is 1.52. The maximum Gasteiger partial charge on any atom is 0.434 e. The lowest BCUT2D eigenvalue weighted by Gasteiger charge is -2.27. The van der Waals surface area contributed by atoms with Gasteiger partial charge >= 0.3 is 6.18 Å². The van der Waals surface area contributed by atoms with Gasteiger partial charge in [-0.2, -0.15) is 13.2 Å². The fraction of sp³-hybridized carbons (Fsp3) is 0.786. The average Bonchev–Trinajstić information content (AvgIpc) is 2.84. The Bertz CT molecular complexity index is 445. The topological polar surface area (TPSA) is 34.1 Å². The SMILES string of the molecule is CCC(CC)(OC)c1nc(C(F)(F)F)c(CNC(C)C)s1. The molecule has 0 unspecified atom stereocenters. The van der Waals surface area contributed by atoms with Crippen LogP contribution in [0.1, 0.15) is 56.1 Å². The zero-order valence-electron chi connectivity index (χ0n) is 13.1. The van der Waals surface area contributed by atoms with E-state index in [2.05, 4.69) is 10.3 Å². The van der Waals surface area contributed by atoms with Gasteiger partial charge in [0.25, 0.3) is 0 Å². The summed E-state index contributed by atoms with van der Waals surface area (Å²) < 4.78 is 45.0. The highest BCUT2D eigenvalue weighted by atomic mass is 32.1. The standard InChI is InChI=1S/C14H23F3N2OS/c1-6-13(7-2,20-5)12-19-11(14(15,16)17)10(21-12)8-18-9(3)4/h9,18H,6-8H2,1-5H3. The van der Waals surface area contributed by atoms with E-state index < -0.39 is 17.5 Å². The lowest BCUT2D eigenvalue weighted by atomic mass is 9.98. The van der Waals surface area contributed by atoms with E-state index in [9.17, 15) is 13.2 Å². The highest BCUT2D eigenvalue weighted by molar-refractivity contribution is 7.11. The van der Waals surface area contributed by atoms with Gasteiger partial charge in [0.05, 0.1) is 4.88 Å². The molecule has 3 nitrogen and oxygen atoms in total. The van der Waals surface area contributed by atoms with Crippen molar-refractivity contribution in [3.63, 3.8) is 0 Å². The number of alkyl halides is 3. The molecule has 0 amide bonds. The number of nitrogens with one attached hydrogen (secondary N) is 1. The van der Waals surface area contributed by atoms with Gasteiger partial charge in [-0.15, -0.1) is 11.3 Å². The minimum Gasteiger partial charge on any atom is -0.371 e. The molecule has 7 heteroatoms. The first-order chi connectivity index (χ1) is 9.70. The fourth-order valence-electron chi connectivity index (χ4n) is 2.11. The number of nitrogens with zero attached hydrogens (tertiary/aromatic N) is 1. The van der Waals surface area contributed by atoms with Gasteiger partial charge in [0.1, 0.15) is 10.6 Å². The molecule has 21 heavy (non-hydrogen) atoms. The van der Waals surface area contributed by atoms with Crippen molar-refractivity contribution in [2.75, 3.05) is 7.11 Å². The Kier molecular flexibility index (Phi) is 6.19. The van der Waals surface area contributed by atoms with E-state index in [4.69, 9.17) is 4.74 Å². The average molecular weight is 324 g/mol. The number of ether oxygens (including phenoxy) is 1. The number of aromatic nitrogens is 1. The van der Waals surface area contributed by atoms with Crippen molar-refractivity contribution in [2.24, 2.45) is 0 Å². The molecule has 0 aliphatic heterocycles. The molecule has 1 rings (SSSR count). The quantitative estimate of drug-likeness (QED) is 0.811. The van der Waals surface area contributed by atoms with Crippen molar-refractivity contribution in [3.8, 4) is 0 Å². The number of methoxy groups -OCH3 is 1. The van der Waals surface area contributed by atoms with Gasteiger partial charge in [0.15, 0.2) is 5.69 Å². The highest BCUT2D eigenvalue weighted by Crippen LogP contribution is 2.41. The maximum atomic E-state index is 13.2. The van der Waals surface area contributed by atoms with Gasteiger partial charge in [-0.25, -0.2) is 4.98 Å². The molecule has 0 spiro atoms. The largest absolute Gasteiger partial charge is 0.434 e. The Morgan fingerprint density at radius 1 is 1.24 bits per heavy atom. The van der Waals surface area contributed by atoms with E-state index in [0.717, 1.165) is 11.3 Å². The predicted molar refractivity (Wildman–Crippen MR) is 78.4 cm³/mol. The van der Waals surface area contributed by atoms with E-state index in [1.165, 1.54) is 7.11 Å². The molecule has 0 aromatic carbocycles. The summed E-state index contributed by atoms with van der Waals surface area (Å²) in [6.45, 7) is 7.75. The third kappa shape index (κ3) is 4.17. The monoisotopic (exact) mass is 324 g/mol. The van der Waals surface area contributed by atoms with E-state index in [1.807, 2.05) is 27.7 Å². The Morgan fingerprint density at radius 2 is 1.81 bits per heavy atom. The van der Waals surface area contributed by atoms with Gasteiger partial charge < -0.3 is 10.1 Å². The molecule has 1 aromatic rings. The van der Waals surface area contributed by atoms with Crippen LogP contribution in [0.3, 0.4) is 0 Å². The highest BCUT2D eigenvalue weighted by Gasteiger charge is 2.41. The Balaban J connectivity index is 3.25. The zero-order valence-corrected chi connectivity index (χ0v) is 13.9. The molecule has 0 aliphatic rings. The second-order valence-corrected chi connectivity index (χ2v) is 6.31. The summed E-state index contributed by atoms with van der Waals surface area (Å²) in [4.78, 5) is 4.09. The van der Waals surface area contributed by atoms with Gasteiger partial charge in [-0.05, 0) is 12.8 Å². The normalized spacial score (nSPS) is 13.2. The number of rotatable bonds is 7. The Hall–Kier alpha value is -0.660. The minimum atomic E-state index is -4.44. The summed E-state index contributed by atoms with van der Waals surface area (Å²) in [5.74, 6) is 0. The Morgan fingerprint density at radius 3 is 2.19 bits per heavy atom. The molecule has 0 aliphatic carbocycles. The second kappa shape index (κ2) is 7.07. The summed E-state index contributed by atoms with van der Waals surface area (Å²) >= 11 is 1.09. The summed E-state index contributed by atoms with van der Waals surface area (Å²) in [6, 6.07) is 0.112. The smallest absolute Gasteiger partial charge is 0.371 e. The van der Waals surface area contributed by atoms with Crippen molar-refractivity contribution in [1.82, 2.24) is 10.3 Å². The van der Waals surface area contributed by atoms with Crippen LogP contribution in [0, 0.1) is 0 Å². The van der Waals surface area contributed by atoms with Gasteiger partial charge in [0.2, 0.25) is 0 Å². The molecule has 0 saturated carbocycles. The van der Waals surface area contributed by atoms with Crippen LogP contribution < -0.4 is 5.32 Å². The predicted octanol–water partition coefficient (Wildman–Crippen LogP) is 4.32. The maximum absolute atomic E-state index is 13.2. The molecular weight excluding hydrogens is 301 g/mol. The van der Waals surface area contributed by atoms with Crippen LogP contribution in [0.15, 0.2) is 0 Å². The van der Waals surface area contributed by atoms with Crippen molar-refractivity contribution in [2.45, 2.75) is 64.9 Å². The van der Waals surface area contributed by atoms with E-state index in [0.29, 0.717) is 17.8 Å². The molecular formula is C14H23F3N2OS. The van der Waals surface area contributed by atoms with Crippen LogP contribution in [0.2, 0.25) is 0 Å². The van der Waals surface area contributed by atoms with Crippen LogP contribution in [0.5, 0.6) is 0 Å². The molecule has 1 heterocycles. The third-order valence-electron chi connectivity index (χ3n) is 3.56.